The fourth-order valence-electron chi connectivity index (χ4n) is 3.12. The molecule has 22 heavy (non-hydrogen) atoms. The van der Waals surface area contributed by atoms with E-state index in [1.54, 1.807) is 11.3 Å². The van der Waals surface area contributed by atoms with Gasteiger partial charge in [0.15, 0.2) is 0 Å². The Balaban J connectivity index is 1.67. The summed E-state index contributed by atoms with van der Waals surface area (Å²) >= 11 is 1.72. The molecule has 0 N–H and O–H groups in total. The van der Waals surface area contributed by atoms with E-state index in [1.807, 2.05) is 41.3 Å². The van der Waals surface area contributed by atoms with Crippen LogP contribution in [0.15, 0.2) is 53.9 Å². The minimum absolute atomic E-state index is 0.0432. The molecule has 4 heteroatoms. The van der Waals surface area contributed by atoms with Gasteiger partial charge in [-0.15, -0.1) is 11.3 Å². The maximum absolute atomic E-state index is 12.9. The number of rotatable bonds is 2. The average Bonchev–Trinajstić information content (AvgIpc) is 3.24. The summed E-state index contributed by atoms with van der Waals surface area (Å²) in [5.41, 5.74) is 1.42. The number of fused-ring (bicyclic) bond motifs is 1. The second-order valence-electron chi connectivity index (χ2n) is 5.56. The zero-order valence-electron chi connectivity index (χ0n) is 12.1. The lowest BCUT2D eigenvalue weighted by molar-refractivity contribution is 0.0732. The lowest BCUT2D eigenvalue weighted by Gasteiger charge is -2.23. The second-order valence-corrected chi connectivity index (χ2v) is 6.54. The van der Waals surface area contributed by atoms with Gasteiger partial charge in [-0.3, -0.25) is 4.79 Å². The van der Waals surface area contributed by atoms with Crippen molar-refractivity contribution in [2.45, 2.75) is 18.9 Å². The second kappa shape index (κ2) is 5.54. The summed E-state index contributed by atoms with van der Waals surface area (Å²) < 4.78 is 0. The van der Waals surface area contributed by atoms with Gasteiger partial charge in [0.05, 0.1) is 11.6 Å². The van der Waals surface area contributed by atoms with E-state index in [4.69, 9.17) is 0 Å². The molecular formula is C18H16N2OS. The first-order chi connectivity index (χ1) is 10.8. The van der Waals surface area contributed by atoms with Crippen molar-refractivity contribution >= 4 is 28.1 Å². The average molecular weight is 308 g/mol. The third-order valence-corrected chi connectivity index (χ3v) is 5.18. The molecule has 0 spiro atoms. The quantitative estimate of drug-likeness (QED) is 0.708. The van der Waals surface area contributed by atoms with E-state index in [0.29, 0.717) is 5.69 Å². The predicted octanol–water partition coefficient (Wildman–Crippen LogP) is 4.27. The normalized spacial score (nSPS) is 18.0. The summed E-state index contributed by atoms with van der Waals surface area (Å²) in [4.78, 5) is 20.7. The van der Waals surface area contributed by atoms with E-state index < -0.39 is 0 Å². The van der Waals surface area contributed by atoms with Gasteiger partial charge in [-0.25, -0.2) is 4.98 Å². The number of nitrogens with zero attached hydrogens (tertiary/aromatic N) is 2. The molecule has 3 nitrogen and oxygen atoms in total. The van der Waals surface area contributed by atoms with Crippen LogP contribution >= 0.6 is 11.3 Å². The lowest BCUT2D eigenvalue weighted by atomic mass is 10.1. The largest absolute Gasteiger partial charge is 0.329 e. The molecule has 2 aromatic heterocycles. The highest BCUT2D eigenvalue weighted by Gasteiger charge is 2.31. The number of benzene rings is 1. The van der Waals surface area contributed by atoms with Crippen molar-refractivity contribution in [3.8, 4) is 0 Å². The Morgan fingerprint density at radius 2 is 2.05 bits per heavy atom. The smallest absolute Gasteiger partial charge is 0.273 e. The van der Waals surface area contributed by atoms with E-state index in [1.165, 1.54) is 4.88 Å². The molecule has 1 aromatic carbocycles. The maximum atomic E-state index is 12.9. The molecule has 1 amide bonds. The summed E-state index contributed by atoms with van der Waals surface area (Å²) in [6.07, 6.45) is 2.10. The number of para-hydroxylation sites is 1. The first-order valence-electron chi connectivity index (χ1n) is 7.53. The summed E-state index contributed by atoms with van der Waals surface area (Å²) in [6, 6.07) is 16.1. The molecule has 0 aliphatic carbocycles. The van der Waals surface area contributed by atoms with Crippen molar-refractivity contribution in [2.75, 3.05) is 6.54 Å². The van der Waals surface area contributed by atoms with Crippen LogP contribution in [-0.4, -0.2) is 22.3 Å². The van der Waals surface area contributed by atoms with Crippen LogP contribution in [0.1, 0.15) is 34.2 Å². The maximum Gasteiger partial charge on any atom is 0.273 e. The summed E-state index contributed by atoms with van der Waals surface area (Å²) in [5.74, 6) is 0.0432. The van der Waals surface area contributed by atoms with E-state index >= 15 is 0 Å². The highest BCUT2D eigenvalue weighted by molar-refractivity contribution is 7.10. The Hall–Kier alpha value is -2.20. The molecule has 1 saturated heterocycles. The van der Waals surface area contributed by atoms with Gasteiger partial charge in [-0.1, -0.05) is 30.3 Å². The molecule has 1 fully saturated rings. The highest BCUT2D eigenvalue weighted by atomic mass is 32.1. The molecule has 1 aliphatic heterocycles. The van der Waals surface area contributed by atoms with Crippen LogP contribution in [-0.2, 0) is 0 Å². The minimum atomic E-state index is 0.0432. The molecule has 3 heterocycles. The van der Waals surface area contributed by atoms with Gasteiger partial charge in [-0.05, 0) is 36.4 Å². The van der Waals surface area contributed by atoms with Gasteiger partial charge in [0.2, 0.25) is 0 Å². The Morgan fingerprint density at radius 3 is 2.91 bits per heavy atom. The number of pyridine rings is 1. The van der Waals surface area contributed by atoms with Crippen molar-refractivity contribution < 1.29 is 4.79 Å². The number of hydrogen-bond acceptors (Lipinski definition) is 3. The lowest BCUT2D eigenvalue weighted by Crippen LogP contribution is -2.30. The van der Waals surface area contributed by atoms with E-state index in [9.17, 15) is 4.79 Å². The highest BCUT2D eigenvalue weighted by Crippen LogP contribution is 2.35. The van der Waals surface area contributed by atoms with Gasteiger partial charge in [-0.2, -0.15) is 0 Å². The van der Waals surface area contributed by atoms with Crippen LogP contribution in [0, 0.1) is 0 Å². The predicted molar refractivity (Wildman–Crippen MR) is 89.1 cm³/mol. The van der Waals surface area contributed by atoms with E-state index in [0.717, 1.165) is 30.3 Å². The van der Waals surface area contributed by atoms with Gasteiger partial charge in [0.1, 0.15) is 5.69 Å². The van der Waals surface area contributed by atoms with Crippen LogP contribution in [0.25, 0.3) is 10.9 Å². The van der Waals surface area contributed by atoms with Crippen LogP contribution in [0.5, 0.6) is 0 Å². The fourth-order valence-corrected chi connectivity index (χ4v) is 3.99. The Kier molecular flexibility index (Phi) is 3.39. The number of likely N-dealkylation sites (tertiary alicyclic amines) is 1. The SMILES string of the molecule is O=C(c1ccc2ccccc2n1)N1CCC[C@@H]1c1cccs1. The van der Waals surface area contributed by atoms with Crippen molar-refractivity contribution in [3.05, 3.63) is 64.5 Å². The summed E-state index contributed by atoms with van der Waals surface area (Å²) in [6.45, 7) is 0.815. The Bertz CT molecular complexity index is 813. The molecule has 1 atom stereocenters. The molecule has 0 radical (unpaired) electrons. The molecule has 0 unspecified atom stereocenters. The van der Waals surface area contributed by atoms with Crippen molar-refractivity contribution in [2.24, 2.45) is 0 Å². The van der Waals surface area contributed by atoms with Crippen LogP contribution in [0.4, 0.5) is 0 Å². The molecule has 0 saturated carbocycles. The number of hydrogen-bond donors (Lipinski definition) is 0. The van der Waals surface area contributed by atoms with Gasteiger partial charge >= 0.3 is 0 Å². The van der Waals surface area contributed by atoms with Crippen LogP contribution < -0.4 is 0 Å². The van der Waals surface area contributed by atoms with Crippen molar-refractivity contribution in [1.29, 1.82) is 0 Å². The Labute approximate surface area is 133 Å². The summed E-state index contributed by atoms with van der Waals surface area (Å²) in [7, 11) is 0. The zero-order valence-corrected chi connectivity index (χ0v) is 12.9. The molecule has 4 rings (SSSR count). The standard InChI is InChI=1S/C18H16N2OS/c21-18(15-10-9-13-5-1-2-6-14(13)19-15)20-11-3-7-16(20)17-8-4-12-22-17/h1-2,4-6,8-10,12,16H,3,7,11H2/t16-/m1/s1. The molecular weight excluding hydrogens is 292 g/mol. The number of carbonyl (C=O) groups excluding carboxylic acids is 1. The minimum Gasteiger partial charge on any atom is -0.329 e. The van der Waals surface area contributed by atoms with Gasteiger partial charge in [0, 0.05) is 16.8 Å². The first-order valence-corrected chi connectivity index (χ1v) is 8.41. The molecule has 3 aromatic rings. The number of aromatic nitrogens is 1. The monoisotopic (exact) mass is 308 g/mol. The zero-order chi connectivity index (χ0) is 14.9. The third kappa shape index (κ3) is 2.29. The molecule has 1 aliphatic rings. The number of amides is 1. The van der Waals surface area contributed by atoms with Crippen LogP contribution in [0.3, 0.4) is 0 Å². The first kappa shape index (κ1) is 13.5. The van der Waals surface area contributed by atoms with Crippen molar-refractivity contribution in [1.82, 2.24) is 9.88 Å². The molecule has 110 valence electrons. The van der Waals surface area contributed by atoms with E-state index in [-0.39, 0.29) is 11.9 Å². The van der Waals surface area contributed by atoms with Gasteiger partial charge in [0.25, 0.3) is 5.91 Å². The fraction of sp³-hybridized carbons (Fsp3) is 0.222. The van der Waals surface area contributed by atoms with Gasteiger partial charge < -0.3 is 4.90 Å². The van der Waals surface area contributed by atoms with E-state index in [2.05, 4.69) is 22.5 Å². The topological polar surface area (TPSA) is 33.2 Å². The third-order valence-electron chi connectivity index (χ3n) is 4.20. The van der Waals surface area contributed by atoms with Crippen molar-refractivity contribution in [3.63, 3.8) is 0 Å². The molecule has 0 bridgehead atoms. The number of carbonyl (C=O) groups is 1. The van der Waals surface area contributed by atoms with Crippen LogP contribution in [0.2, 0.25) is 0 Å². The Morgan fingerprint density at radius 1 is 1.14 bits per heavy atom. The number of thiophene rings is 1. The summed E-state index contributed by atoms with van der Waals surface area (Å²) in [5, 5.41) is 3.14.